The Hall–Kier alpha value is -0.570. The van der Waals surface area contributed by atoms with Crippen LogP contribution in [0.5, 0.6) is 0 Å². The lowest BCUT2D eigenvalue weighted by atomic mass is 9.81. The highest BCUT2D eigenvalue weighted by Crippen LogP contribution is 2.32. The van der Waals surface area contributed by atoms with Crippen LogP contribution in [-0.2, 0) is 9.53 Å². The maximum atomic E-state index is 12.4. The number of ether oxygens (including phenoxy) is 1. The van der Waals surface area contributed by atoms with Gasteiger partial charge in [-0.2, -0.15) is 0 Å². The Morgan fingerprint density at radius 2 is 1.94 bits per heavy atom. The molecule has 0 aromatic carbocycles. The topological polar surface area (TPSA) is 38.3 Å². The van der Waals surface area contributed by atoms with Gasteiger partial charge in [-0.15, -0.1) is 0 Å². The van der Waals surface area contributed by atoms with Gasteiger partial charge in [-0.1, -0.05) is 20.8 Å². The minimum Gasteiger partial charge on any atom is -0.461 e. The van der Waals surface area contributed by atoms with Gasteiger partial charge >= 0.3 is 5.97 Å². The first-order valence-corrected chi connectivity index (χ1v) is 7.52. The van der Waals surface area contributed by atoms with Crippen molar-refractivity contribution in [1.82, 2.24) is 5.32 Å². The summed E-state index contributed by atoms with van der Waals surface area (Å²) in [4.78, 5) is 12.4. The van der Waals surface area contributed by atoms with Crippen LogP contribution in [0.2, 0.25) is 0 Å². The highest BCUT2D eigenvalue weighted by atomic mass is 16.5. The largest absolute Gasteiger partial charge is 0.461 e. The van der Waals surface area contributed by atoms with Crippen molar-refractivity contribution < 1.29 is 9.53 Å². The summed E-state index contributed by atoms with van der Waals surface area (Å²) in [6.45, 7) is 7.55. The average Bonchev–Trinajstić information content (AvgIpc) is 2.77. The lowest BCUT2D eigenvalue weighted by Gasteiger charge is -2.34. The summed E-state index contributed by atoms with van der Waals surface area (Å²) in [7, 11) is 0. The van der Waals surface area contributed by atoms with Crippen molar-refractivity contribution in [3.8, 4) is 0 Å². The summed E-state index contributed by atoms with van der Waals surface area (Å²) in [5, 5.41) is 3.36. The molecule has 0 aromatic heterocycles. The Bertz CT molecular complexity index is 287. The maximum absolute atomic E-state index is 12.4. The first kappa shape index (κ1) is 13.9. The molecule has 2 rings (SSSR count). The van der Waals surface area contributed by atoms with Gasteiger partial charge in [-0.25, -0.2) is 0 Å². The number of nitrogens with one attached hydrogen (secondary N) is 1. The Labute approximate surface area is 111 Å². The number of carbonyl (C=O) groups is 1. The molecule has 1 saturated heterocycles. The number of esters is 1. The second-order valence-electron chi connectivity index (χ2n) is 6.41. The fraction of sp³-hybridized carbons (Fsp3) is 0.933. The third kappa shape index (κ3) is 2.87. The van der Waals surface area contributed by atoms with E-state index < -0.39 is 0 Å². The van der Waals surface area contributed by atoms with E-state index in [0.29, 0.717) is 11.8 Å². The second kappa shape index (κ2) is 5.60. The average molecular weight is 253 g/mol. The molecule has 2 fully saturated rings. The molecular formula is C15H27NO2. The summed E-state index contributed by atoms with van der Waals surface area (Å²) < 4.78 is 5.81. The van der Waals surface area contributed by atoms with Crippen molar-refractivity contribution in [1.29, 1.82) is 0 Å². The van der Waals surface area contributed by atoms with E-state index in [0.717, 1.165) is 38.6 Å². The molecule has 3 unspecified atom stereocenters. The molecule has 1 N–H and O–H groups in total. The Balaban J connectivity index is 1.94. The van der Waals surface area contributed by atoms with Crippen LogP contribution in [0, 0.1) is 11.8 Å². The van der Waals surface area contributed by atoms with Gasteiger partial charge in [0.2, 0.25) is 0 Å². The van der Waals surface area contributed by atoms with Gasteiger partial charge in [-0.3, -0.25) is 4.79 Å². The van der Waals surface area contributed by atoms with Crippen LogP contribution in [0.4, 0.5) is 0 Å². The standard InChI is InChI=1S/C15H27NO2/c1-4-15(6-5-7-16-15)14(17)18-13-9-11(2)8-12(3)10-13/h11-13,16H,4-10H2,1-3H3. The van der Waals surface area contributed by atoms with Crippen molar-refractivity contribution in [2.24, 2.45) is 11.8 Å². The van der Waals surface area contributed by atoms with Crippen LogP contribution >= 0.6 is 0 Å². The van der Waals surface area contributed by atoms with Gasteiger partial charge < -0.3 is 10.1 Å². The third-order valence-corrected chi connectivity index (χ3v) is 4.65. The van der Waals surface area contributed by atoms with E-state index in [4.69, 9.17) is 4.74 Å². The summed E-state index contributed by atoms with van der Waals surface area (Å²) in [6, 6.07) is 0. The minimum atomic E-state index is -0.385. The van der Waals surface area contributed by atoms with Crippen molar-refractivity contribution in [3.05, 3.63) is 0 Å². The van der Waals surface area contributed by atoms with Crippen molar-refractivity contribution >= 4 is 5.97 Å². The lowest BCUT2D eigenvalue weighted by molar-refractivity contribution is -0.159. The molecule has 3 heteroatoms. The van der Waals surface area contributed by atoms with Gasteiger partial charge in [-0.05, 0) is 56.9 Å². The first-order chi connectivity index (χ1) is 8.55. The summed E-state index contributed by atoms with van der Waals surface area (Å²) in [5.41, 5.74) is -0.385. The predicted octanol–water partition coefficient (Wildman–Crippen LogP) is 2.89. The Kier molecular flexibility index (Phi) is 4.31. The molecule has 18 heavy (non-hydrogen) atoms. The zero-order valence-corrected chi connectivity index (χ0v) is 12.0. The van der Waals surface area contributed by atoms with Crippen molar-refractivity contribution in [2.45, 2.75) is 70.9 Å². The fourth-order valence-electron chi connectivity index (χ4n) is 3.66. The van der Waals surface area contributed by atoms with Gasteiger partial charge in [0.25, 0.3) is 0 Å². The van der Waals surface area contributed by atoms with Crippen LogP contribution in [-0.4, -0.2) is 24.2 Å². The Morgan fingerprint density at radius 3 is 2.44 bits per heavy atom. The SMILES string of the molecule is CCC1(C(=O)OC2CC(C)CC(C)C2)CCCN1. The maximum Gasteiger partial charge on any atom is 0.326 e. The van der Waals surface area contributed by atoms with E-state index in [1.807, 2.05) is 0 Å². The highest BCUT2D eigenvalue weighted by Gasteiger charge is 2.42. The number of hydrogen-bond donors (Lipinski definition) is 1. The van der Waals surface area contributed by atoms with E-state index in [9.17, 15) is 4.79 Å². The first-order valence-electron chi connectivity index (χ1n) is 7.52. The zero-order valence-electron chi connectivity index (χ0n) is 12.0. The van der Waals surface area contributed by atoms with Gasteiger partial charge in [0.05, 0.1) is 0 Å². The molecule has 0 spiro atoms. The molecule has 0 radical (unpaired) electrons. The van der Waals surface area contributed by atoms with E-state index in [1.54, 1.807) is 0 Å². The van der Waals surface area contributed by atoms with Gasteiger partial charge in [0.1, 0.15) is 11.6 Å². The molecule has 1 heterocycles. The van der Waals surface area contributed by atoms with Gasteiger partial charge in [0.15, 0.2) is 0 Å². The molecule has 0 bridgehead atoms. The highest BCUT2D eigenvalue weighted by molar-refractivity contribution is 5.81. The van der Waals surface area contributed by atoms with Crippen molar-refractivity contribution in [3.63, 3.8) is 0 Å². The molecule has 1 saturated carbocycles. The van der Waals surface area contributed by atoms with Crippen LogP contribution in [0.15, 0.2) is 0 Å². The van der Waals surface area contributed by atoms with E-state index in [2.05, 4.69) is 26.1 Å². The van der Waals surface area contributed by atoms with Crippen LogP contribution < -0.4 is 5.32 Å². The Morgan fingerprint density at radius 1 is 1.28 bits per heavy atom. The summed E-state index contributed by atoms with van der Waals surface area (Å²) in [6.07, 6.45) is 6.34. The van der Waals surface area contributed by atoms with Crippen LogP contribution in [0.1, 0.15) is 59.3 Å². The summed E-state index contributed by atoms with van der Waals surface area (Å²) in [5.74, 6) is 1.36. The minimum absolute atomic E-state index is 0.00574. The van der Waals surface area contributed by atoms with Crippen molar-refractivity contribution in [2.75, 3.05) is 6.54 Å². The van der Waals surface area contributed by atoms with Gasteiger partial charge in [0, 0.05) is 0 Å². The molecule has 3 nitrogen and oxygen atoms in total. The predicted molar refractivity (Wildman–Crippen MR) is 72.3 cm³/mol. The molecule has 0 aromatic rings. The van der Waals surface area contributed by atoms with Crippen LogP contribution in [0.25, 0.3) is 0 Å². The molecule has 104 valence electrons. The molecular weight excluding hydrogens is 226 g/mol. The monoisotopic (exact) mass is 253 g/mol. The molecule has 0 amide bonds. The number of rotatable bonds is 3. The molecule has 3 atom stereocenters. The smallest absolute Gasteiger partial charge is 0.326 e. The lowest BCUT2D eigenvalue weighted by Crippen LogP contribution is -2.49. The zero-order chi connectivity index (χ0) is 13.2. The molecule has 1 aliphatic carbocycles. The normalized spacial score (nSPS) is 40.7. The van der Waals surface area contributed by atoms with E-state index >= 15 is 0 Å². The van der Waals surface area contributed by atoms with Crippen LogP contribution in [0.3, 0.4) is 0 Å². The fourth-order valence-corrected chi connectivity index (χ4v) is 3.66. The second-order valence-corrected chi connectivity index (χ2v) is 6.41. The third-order valence-electron chi connectivity index (χ3n) is 4.65. The number of hydrogen-bond acceptors (Lipinski definition) is 3. The number of carbonyl (C=O) groups excluding carboxylic acids is 1. The summed E-state index contributed by atoms with van der Waals surface area (Å²) >= 11 is 0. The quantitative estimate of drug-likeness (QED) is 0.786. The van der Waals surface area contributed by atoms with E-state index in [-0.39, 0.29) is 17.6 Å². The van der Waals surface area contributed by atoms with E-state index in [1.165, 1.54) is 6.42 Å². The molecule has 2 aliphatic rings. The molecule has 1 aliphatic heterocycles.